The Labute approximate surface area is 221 Å². The van der Waals surface area contributed by atoms with Crippen LogP contribution in [0.2, 0.25) is 0 Å². The summed E-state index contributed by atoms with van der Waals surface area (Å²) in [5.74, 6) is -1.37. The number of hydrogen-bond donors (Lipinski definition) is 0. The predicted molar refractivity (Wildman–Crippen MR) is 147 cm³/mol. The van der Waals surface area contributed by atoms with Crippen LogP contribution in [0, 0.1) is 0 Å². The molecule has 3 aromatic carbocycles. The average molecular weight is 505 g/mol. The van der Waals surface area contributed by atoms with E-state index >= 15 is 0 Å². The van der Waals surface area contributed by atoms with Gasteiger partial charge >= 0.3 is 0 Å². The number of imide groups is 2. The van der Waals surface area contributed by atoms with Crippen molar-refractivity contribution < 1.29 is 19.2 Å². The van der Waals surface area contributed by atoms with Crippen LogP contribution in [0.3, 0.4) is 0 Å². The molecular weight excluding hydrogens is 476 g/mol. The van der Waals surface area contributed by atoms with Crippen LogP contribution in [-0.2, 0) is 30.0 Å². The molecule has 6 heteroatoms. The molecule has 6 nitrogen and oxygen atoms in total. The Bertz CT molecular complexity index is 1510. The van der Waals surface area contributed by atoms with Crippen molar-refractivity contribution in [2.24, 2.45) is 0 Å². The first kappa shape index (κ1) is 25.1. The molecule has 0 radical (unpaired) electrons. The van der Waals surface area contributed by atoms with Gasteiger partial charge < -0.3 is 0 Å². The molecule has 0 saturated heterocycles. The van der Waals surface area contributed by atoms with Crippen LogP contribution in [0.1, 0.15) is 49.9 Å². The molecule has 38 heavy (non-hydrogen) atoms. The van der Waals surface area contributed by atoms with Gasteiger partial charge in [-0.3, -0.25) is 19.2 Å². The lowest BCUT2D eigenvalue weighted by atomic mass is 9.73. The molecule has 0 saturated carbocycles. The van der Waals surface area contributed by atoms with Crippen LogP contribution in [0.25, 0.3) is 0 Å². The molecule has 0 bridgehead atoms. The lowest BCUT2D eigenvalue weighted by molar-refractivity contribution is -0.121. The van der Waals surface area contributed by atoms with Crippen molar-refractivity contribution in [3.63, 3.8) is 0 Å². The summed E-state index contributed by atoms with van der Waals surface area (Å²) in [4.78, 5) is 51.4. The molecule has 0 fully saturated rings. The van der Waals surface area contributed by atoms with Crippen molar-refractivity contribution in [1.82, 2.24) is 0 Å². The van der Waals surface area contributed by atoms with E-state index in [0.717, 1.165) is 27.2 Å². The Hall–Kier alpha value is -4.58. The lowest BCUT2D eigenvalue weighted by Gasteiger charge is -2.33. The number of carbonyl (C=O) groups is 4. The average Bonchev–Trinajstić information content (AvgIpc) is 3.43. The van der Waals surface area contributed by atoms with Gasteiger partial charge in [0.2, 0.25) is 0 Å². The first-order valence-corrected chi connectivity index (χ1v) is 12.4. The van der Waals surface area contributed by atoms with Crippen molar-refractivity contribution in [2.45, 2.75) is 38.5 Å². The van der Waals surface area contributed by atoms with Gasteiger partial charge in [0.15, 0.2) is 0 Å². The van der Waals surface area contributed by atoms with Crippen LogP contribution in [0.4, 0.5) is 11.4 Å². The van der Waals surface area contributed by atoms with Gasteiger partial charge in [-0.15, -0.1) is 0 Å². The van der Waals surface area contributed by atoms with E-state index in [1.54, 1.807) is 18.2 Å². The first-order chi connectivity index (χ1) is 18.0. The number of benzene rings is 3. The third kappa shape index (κ3) is 4.08. The number of hydrogen-bond acceptors (Lipinski definition) is 4. The smallest absolute Gasteiger partial charge is 0.258 e. The maximum atomic E-state index is 12.5. The molecule has 0 aromatic heterocycles. The maximum Gasteiger partial charge on any atom is 0.258 e. The molecule has 3 aromatic rings. The second-order valence-electron chi connectivity index (χ2n) is 10.6. The largest absolute Gasteiger partial charge is 0.269 e. The molecule has 190 valence electrons. The Morgan fingerprint density at radius 1 is 0.500 bits per heavy atom. The quantitative estimate of drug-likeness (QED) is 0.433. The molecule has 0 atom stereocenters. The Morgan fingerprint density at radius 2 is 1.00 bits per heavy atom. The normalized spacial score (nSPS) is 15.8. The third-order valence-electron chi connectivity index (χ3n) is 7.59. The van der Waals surface area contributed by atoms with Crippen molar-refractivity contribution in [1.29, 1.82) is 0 Å². The molecule has 2 aliphatic rings. The van der Waals surface area contributed by atoms with Crippen LogP contribution < -0.4 is 9.80 Å². The van der Waals surface area contributed by atoms with Gasteiger partial charge in [-0.25, -0.2) is 9.80 Å². The molecule has 0 unspecified atom stereocenters. The summed E-state index contributed by atoms with van der Waals surface area (Å²) >= 11 is 0. The first-order valence-electron chi connectivity index (χ1n) is 12.4. The second kappa shape index (κ2) is 9.06. The van der Waals surface area contributed by atoms with E-state index in [1.807, 2.05) is 36.4 Å². The minimum atomic E-state index is -0.515. The number of carbonyl (C=O) groups excluding carboxylic acids is 4. The summed E-state index contributed by atoms with van der Waals surface area (Å²) in [6, 6.07) is 23.3. The van der Waals surface area contributed by atoms with E-state index in [2.05, 4.69) is 45.9 Å². The van der Waals surface area contributed by atoms with Gasteiger partial charge in [0, 0.05) is 35.1 Å². The molecule has 2 aliphatic heterocycles. The summed E-state index contributed by atoms with van der Waals surface area (Å²) in [5.41, 5.74) is 4.25. The van der Waals surface area contributed by atoms with Gasteiger partial charge in [0.1, 0.15) is 0 Å². The molecule has 4 amide bonds. The highest BCUT2D eigenvalue weighted by molar-refractivity contribution is 6.29. The zero-order chi connectivity index (χ0) is 27.2. The van der Waals surface area contributed by atoms with E-state index in [9.17, 15) is 19.2 Å². The van der Waals surface area contributed by atoms with Crippen LogP contribution in [0.5, 0.6) is 0 Å². The van der Waals surface area contributed by atoms with Gasteiger partial charge in [-0.05, 0) is 40.5 Å². The Kier molecular flexibility index (Phi) is 5.98. The summed E-state index contributed by atoms with van der Waals surface area (Å²) in [6.07, 6.45) is 5.15. The zero-order valence-electron chi connectivity index (χ0n) is 21.8. The lowest BCUT2D eigenvalue weighted by Crippen LogP contribution is -2.33. The molecule has 2 heterocycles. The van der Waals surface area contributed by atoms with Crippen molar-refractivity contribution in [3.8, 4) is 0 Å². The molecular formula is C32H28N2O4. The maximum absolute atomic E-state index is 12.5. The predicted octanol–water partition coefficient (Wildman–Crippen LogP) is 5.20. The fourth-order valence-corrected chi connectivity index (χ4v) is 5.14. The van der Waals surface area contributed by atoms with E-state index in [4.69, 9.17) is 0 Å². The zero-order valence-corrected chi connectivity index (χ0v) is 21.8. The standard InChI is InChI=1S/C32H28N2O4/c1-31(2,21-12-14-24(15-13-21)33-27(35)16-17-28(33)36)22-8-7-9-23(20-22)32(3,4)25-10-5-6-11-26(25)34-29(37)18-19-30(34)38/h5-20H,1-4H3. The highest BCUT2D eigenvalue weighted by Crippen LogP contribution is 2.41. The molecule has 0 aliphatic carbocycles. The summed E-state index contributed by atoms with van der Waals surface area (Å²) in [7, 11) is 0. The summed E-state index contributed by atoms with van der Waals surface area (Å²) in [5, 5.41) is 0. The highest BCUT2D eigenvalue weighted by atomic mass is 16.2. The van der Waals surface area contributed by atoms with E-state index < -0.39 is 5.41 Å². The fraction of sp³-hybridized carbons (Fsp3) is 0.188. The summed E-state index contributed by atoms with van der Waals surface area (Å²) < 4.78 is 0. The van der Waals surface area contributed by atoms with Crippen molar-refractivity contribution in [3.05, 3.63) is 119 Å². The second-order valence-corrected chi connectivity index (χ2v) is 10.6. The number of rotatable bonds is 6. The van der Waals surface area contributed by atoms with Crippen LogP contribution >= 0.6 is 0 Å². The Balaban J connectivity index is 1.49. The number of nitrogens with zero attached hydrogens (tertiary/aromatic N) is 2. The number of anilines is 2. The molecule has 5 rings (SSSR count). The fourth-order valence-electron chi connectivity index (χ4n) is 5.14. The van der Waals surface area contributed by atoms with Crippen molar-refractivity contribution in [2.75, 3.05) is 9.80 Å². The Morgan fingerprint density at radius 3 is 1.58 bits per heavy atom. The van der Waals surface area contributed by atoms with Crippen LogP contribution in [0.15, 0.2) is 97.1 Å². The topological polar surface area (TPSA) is 74.8 Å². The monoisotopic (exact) mass is 504 g/mol. The number of amides is 4. The van der Waals surface area contributed by atoms with Gasteiger partial charge in [0.25, 0.3) is 23.6 Å². The van der Waals surface area contributed by atoms with Gasteiger partial charge in [-0.2, -0.15) is 0 Å². The minimum Gasteiger partial charge on any atom is -0.269 e. The van der Waals surface area contributed by atoms with Gasteiger partial charge in [0.05, 0.1) is 11.4 Å². The minimum absolute atomic E-state index is 0.342. The van der Waals surface area contributed by atoms with Crippen molar-refractivity contribution >= 4 is 35.0 Å². The van der Waals surface area contributed by atoms with E-state index in [1.165, 1.54) is 29.2 Å². The molecule has 0 spiro atoms. The third-order valence-corrected chi connectivity index (χ3v) is 7.59. The molecule has 0 N–H and O–H groups in total. The summed E-state index contributed by atoms with van der Waals surface area (Å²) in [6.45, 7) is 8.43. The van der Waals surface area contributed by atoms with E-state index in [0.29, 0.717) is 11.4 Å². The number of para-hydroxylation sites is 1. The van der Waals surface area contributed by atoms with Gasteiger partial charge in [-0.1, -0.05) is 82.3 Å². The van der Waals surface area contributed by atoms with Crippen LogP contribution in [-0.4, -0.2) is 23.6 Å². The highest BCUT2D eigenvalue weighted by Gasteiger charge is 2.34. The van der Waals surface area contributed by atoms with E-state index in [-0.39, 0.29) is 29.0 Å². The SMILES string of the molecule is CC(C)(c1ccc(N2C(=O)C=CC2=O)cc1)c1cccc(C(C)(C)c2ccccc2N2C(=O)C=CC2=O)c1.